The number of rotatable bonds is 10. The first-order chi connectivity index (χ1) is 19.2. The van der Waals surface area contributed by atoms with Crippen LogP contribution in [0.25, 0.3) is 10.2 Å². The van der Waals surface area contributed by atoms with E-state index in [1.54, 1.807) is 31.2 Å². The number of thiazole rings is 1. The first kappa shape index (κ1) is 29.8. The summed E-state index contributed by atoms with van der Waals surface area (Å²) in [6.07, 6.45) is 4.35. The molecular weight excluding hydrogens is 571 g/mol. The zero-order valence-electron chi connectivity index (χ0n) is 22.6. The Morgan fingerprint density at radius 3 is 2.75 bits per heavy atom. The van der Waals surface area contributed by atoms with E-state index in [0.717, 1.165) is 51.7 Å². The predicted molar refractivity (Wildman–Crippen MR) is 159 cm³/mol. The monoisotopic (exact) mass is 601 g/mol. The molecule has 0 saturated carbocycles. The second kappa shape index (κ2) is 13.4. The Hall–Kier alpha value is -3.22. The molecule has 0 bridgehead atoms. The van der Waals surface area contributed by atoms with Gasteiger partial charge in [-0.3, -0.25) is 9.59 Å². The number of nitrogens with zero attached hydrogens (tertiary/aromatic N) is 2. The van der Waals surface area contributed by atoms with E-state index in [4.69, 9.17) is 9.47 Å². The number of hydrogen-bond donors (Lipinski definition) is 1. The number of ether oxygens (including phenoxy) is 2. The SMILES string of the molecule is C=CCn1c(=NC(=O)CSCC(=O)Nc2sc3c(c2C(=O)OC)CCC(C)C3)sc2cc(C(=O)OCC)ccc21. The van der Waals surface area contributed by atoms with Crippen LogP contribution in [-0.2, 0) is 38.4 Å². The smallest absolute Gasteiger partial charge is 0.341 e. The normalized spacial score (nSPS) is 15.0. The number of carbonyl (C=O) groups excluding carboxylic acids is 4. The van der Waals surface area contributed by atoms with Crippen LogP contribution in [0.3, 0.4) is 0 Å². The molecule has 212 valence electrons. The lowest BCUT2D eigenvalue weighted by Gasteiger charge is -2.18. The van der Waals surface area contributed by atoms with Crippen molar-refractivity contribution >= 4 is 73.4 Å². The molecule has 0 aliphatic heterocycles. The third-order valence-corrected chi connectivity index (χ3v) is 9.47. The molecule has 2 amide bonds. The number of anilines is 1. The Bertz CT molecular complexity index is 1530. The maximum absolute atomic E-state index is 12.7. The third kappa shape index (κ3) is 6.73. The maximum Gasteiger partial charge on any atom is 0.341 e. The number of allylic oxidation sites excluding steroid dienone is 1. The standard InChI is InChI=1S/C28H31N3O6S3/c1-5-11-31-19-10-8-17(26(34)37-6-2)13-21(19)40-28(31)30-23(33)15-38-14-22(32)29-25-24(27(35)36-4)18-9-7-16(3)12-20(18)39-25/h5,8,10,13,16H,1,6-7,9,11-12,14-15H2,2-4H3,(H,29,32). The average Bonchev–Trinajstić information content (AvgIpc) is 3.44. The minimum Gasteiger partial charge on any atom is -0.465 e. The topological polar surface area (TPSA) is 116 Å². The molecular formula is C28H31N3O6S3. The number of nitrogens with one attached hydrogen (secondary N) is 1. The molecule has 0 spiro atoms. The highest BCUT2D eigenvalue weighted by atomic mass is 32.2. The summed E-state index contributed by atoms with van der Waals surface area (Å²) in [4.78, 5) is 55.9. The molecule has 4 rings (SSSR count). The molecule has 1 aliphatic carbocycles. The van der Waals surface area contributed by atoms with Gasteiger partial charge in [-0.25, -0.2) is 9.59 Å². The zero-order valence-corrected chi connectivity index (χ0v) is 25.1. The predicted octanol–water partition coefficient (Wildman–Crippen LogP) is 4.84. The second-order valence-corrected chi connectivity index (χ2v) is 12.4. The van der Waals surface area contributed by atoms with Gasteiger partial charge in [0.05, 0.1) is 46.6 Å². The van der Waals surface area contributed by atoms with E-state index in [2.05, 4.69) is 23.8 Å². The Morgan fingerprint density at radius 2 is 2.02 bits per heavy atom. The largest absolute Gasteiger partial charge is 0.465 e. The van der Waals surface area contributed by atoms with Crippen molar-refractivity contribution in [2.45, 2.75) is 39.7 Å². The van der Waals surface area contributed by atoms with E-state index in [-0.39, 0.29) is 29.9 Å². The summed E-state index contributed by atoms with van der Waals surface area (Å²) in [7, 11) is 1.34. The molecule has 40 heavy (non-hydrogen) atoms. The van der Waals surface area contributed by atoms with Crippen molar-refractivity contribution in [3.05, 3.63) is 57.2 Å². The molecule has 1 N–H and O–H groups in total. The van der Waals surface area contributed by atoms with E-state index in [1.807, 2.05) is 4.57 Å². The van der Waals surface area contributed by atoms with Gasteiger partial charge < -0.3 is 19.4 Å². The van der Waals surface area contributed by atoms with Crippen LogP contribution < -0.4 is 10.1 Å². The van der Waals surface area contributed by atoms with Crippen molar-refractivity contribution in [1.29, 1.82) is 0 Å². The van der Waals surface area contributed by atoms with Crippen LogP contribution >= 0.6 is 34.4 Å². The van der Waals surface area contributed by atoms with Crippen molar-refractivity contribution in [2.24, 2.45) is 10.9 Å². The summed E-state index contributed by atoms with van der Waals surface area (Å²) in [5.41, 5.74) is 2.67. The minimum absolute atomic E-state index is 0.00610. The number of esters is 2. The van der Waals surface area contributed by atoms with E-state index < -0.39 is 11.9 Å². The molecule has 1 atom stereocenters. The molecule has 2 aromatic heterocycles. The van der Waals surface area contributed by atoms with Crippen LogP contribution in [0.15, 0.2) is 35.8 Å². The number of thiophene rings is 1. The molecule has 1 aromatic carbocycles. The Labute approximate surface area is 244 Å². The van der Waals surface area contributed by atoms with Crippen LogP contribution in [-0.4, -0.2) is 53.5 Å². The first-order valence-corrected chi connectivity index (χ1v) is 15.6. The summed E-state index contributed by atoms with van der Waals surface area (Å²) in [6, 6.07) is 5.21. The van der Waals surface area contributed by atoms with Crippen LogP contribution in [0.5, 0.6) is 0 Å². The van der Waals surface area contributed by atoms with Gasteiger partial charge in [-0.15, -0.1) is 29.7 Å². The van der Waals surface area contributed by atoms with E-state index in [0.29, 0.717) is 33.4 Å². The van der Waals surface area contributed by atoms with Gasteiger partial charge in [0, 0.05) is 11.4 Å². The van der Waals surface area contributed by atoms with Crippen LogP contribution in [0.2, 0.25) is 0 Å². The van der Waals surface area contributed by atoms with Gasteiger partial charge in [-0.1, -0.05) is 24.3 Å². The van der Waals surface area contributed by atoms with Gasteiger partial charge in [0.1, 0.15) is 5.00 Å². The van der Waals surface area contributed by atoms with E-state index in [1.165, 1.54) is 29.8 Å². The Morgan fingerprint density at radius 1 is 1.23 bits per heavy atom. The number of benzene rings is 1. The zero-order chi connectivity index (χ0) is 28.8. The van der Waals surface area contributed by atoms with Crippen molar-refractivity contribution in [2.75, 3.05) is 30.5 Å². The average molecular weight is 602 g/mol. The van der Waals surface area contributed by atoms with Crippen molar-refractivity contribution < 1.29 is 28.7 Å². The Kier molecular flexibility index (Phi) is 9.99. The molecule has 3 aromatic rings. The minimum atomic E-state index is -0.450. The molecule has 0 fully saturated rings. The van der Waals surface area contributed by atoms with Crippen molar-refractivity contribution in [3.8, 4) is 0 Å². The van der Waals surface area contributed by atoms with Crippen LogP contribution in [0.4, 0.5) is 5.00 Å². The molecule has 0 saturated heterocycles. The highest BCUT2D eigenvalue weighted by Gasteiger charge is 2.29. The number of hydrogen-bond acceptors (Lipinski definition) is 9. The van der Waals surface area contributed by atoms with E-state index >= 15 is 0 Å². The Balaban J connectivity index is 1.43. The number of amides is 2. The number of thioether (sulfide) groups is 1. The van der Waals surface area contributed by atoms with E-state index in [9.17, 15) is 19.2 Å². The number of aromatic nitrogens is 1. The lowest BCUT2D eigenvalue weighted by Crippen LogP contribution is -2.19. The summed E-state index contributed by atoms with van der Waals surface area (Å²) >= 11 is 3.87. The molecule has 0 radical (unpaired) electrons. The summed E-state index contributed by atoms with van der Waals surface area (Å²) in [5.74, 6) is -0.984. The van der Waals surface area contributed by atoms with Crippen molar-refractivity contribution in [3.63, 3.8) is 0 Å². The van der Waals surface area contributed by atoms with Crippen molar-refractivity contribution in [1.82, 2.24) is 4.57 Å². The third-order valence-electron chi connectivity index (χ3n) is 6.34. The number of fused-ring (bicyclic) bond motifs is 2. The lowest BCUT2D eigenvalue weighted by molar-refractivity contribution is -0.115. The fraction of sp³-hybridized carbons (Fsp3) is 0.393. The fourth-order valence-electron chi connectivity index (χ4n) is 4.50. The molecule has 1 unspecified atom stereocenters. The molecule has 1 aliphatic rings. The van der Waals surface area contributed by atoms with Gasteiger partial charge >= 0.3 is 11.9 Å². The lowest BCUT2D eigenvalue weighted by atomic mass is 9.88. The van der Waals surface area contributed by atoms with Crippen LogP contribution in [0.1, 0.15) is 51.4 Å². The van der Waals surface area contributed by atoms with Gasteiger partial charge in [0.25, 0.3) is 5.91 Å². The summed E-state index contributed by atoms with van der Waals surface area (Å²) in [6.45, 7) is 8.43. The second-order valence-electron chi connectivity index (χ2n) is 9.28. The number of carbonyl (C=O) groups is 4. The van der Waals surface area contributed by atoms with Gasteiger partial charge in [-0.2, -0.15) is 4.99 Å². The first-order valence-electron chi connectivity index (χ1n) is 12.8. The van der Waals surface area contributed by atoms with Gasteiger partial charge in [0.15, 0.2) is 4.80 Å². The number of methoxy groups -OCH3 is 1. The summed E-state index contributed by atoms with van der Waals surface area (Å²) in [5, 5.41) is 3.36. The molecule has 2 heterocycles. The maximum atomic E-state index is 12.7. The van der Waals surface area contributed by atoms with Gasteiger partial charge in [0.2, 0.25) is 5.91 Å². The van der Waals surface area contributed by atoms with Gasteiger partial charge in [-0.05, 0) is 55.9 Å². The molecule has 12 heteroatoms. The highest BCUT2D eigenvalue weighted by Crippen LogP contribution is 2.40. The quantitative estimate of drug-likeness (QED) is 0.261. The fourth-order valence-corrected chi connectivity index (χ4v) is 7.60. The van der Waals surface area contributed by atoms with Crippen LogP contribution in [0, 0.1) is 5.92 Å². The molecule has 9 nitrogen and oxygen atoms in total. The highest BCUT2D eigenvalue weighted by molar-refractivity contribution is 8.00. The summed E-state index contributed by atoms with van der Waals surface area (Å²) < 4.78 is 12.7.